The molecule has 4 nitrogen and oxygen atoms in total. The maximum atomic E-state index is 13.2. The molecule has 1 amide bonds. The maximum Gasteiger partial charge on any atom is 0.350 e. The number of carbonyl (C=O) groups is 2. The first-order chi connectivity index (χ1) is 10.5. The van der Waals surface area contributed by atoms with Gasteiger partial charge in [0.2, 0.25) is 0 Å². The van der Waals surface area contributed by atoms with Crippen LogP contribution in [0.1, 0.15) is 29.4 Å². The van der Waals surface area contributed by atoms with Gasteiger partial charge in [0.25, 0.3) is 5.91 Å². The molecule has 7 heteroatoms. The number of rotatable bonds is 6. The number of benzene rings is 1. The first-order valence-electron chi connectivity index (χ1n) is 6.84. The van der Waals surface area contributed by atoms with E-state index in [2.05, 4.69) is 5.32 Å². The summed E-state index contributed by atoms with van der Waals surface area (Å²) in [6, 6.07) is 4.09. The molecule has 0 spiro atoms. The smallest absolute Gasteiger partial charge is 0.350 e. The van der Waals surface area contributed by atoms with Crippen molar-refractivity contribution in [2.45, 2.75) is 19.8 Å². The number of fused-ring (bicyclic) bond motifs is 1. The SMILES string of the molecule is CCCCNC(=O)COC(=O)c1sc2cc(F)ccc2c1Cl. The van der Waals surface area contributed by atoms with Gasteiger partial charge in [-0.3, -0.25) is 4.79 Å². The van der Waals surface area contributed by atoms with Crippen LogP contribution in [0.5, 0.6) is 0 Å². The molecule has 1 heterocycles. The van der Waals surface area contributed by atoms with Gasteiger partial charge in [-0.15, -0.1) is 11.3 Å². The molecule has 0 atom stereocenters. The number of amides is 1. The molecular formula is C15H15ClFNO3S. The molecule has 0 radical (unpaired) electrons. The van der Waals surface area contributed by atoms with Crippen LogP contribution in [0, 0.1) is 5.82 Å². The molecule has 118 valence electrons. The summed E-state index contributed by atoms with van der Waals surface area (Å²) in [6.45, 7) is 2.20. The van der Waals surface area contributed by atoms with E-state index in [-0.39, 0.29) is 22.4 Å². The van der Waals surface area contributed by atoms with E-state index in [9.17, 15) is 14.0 Å². The highest BCUT2D eigenvalue weighted by molar-refractivity contribution is 7.21. The topological polar surface area (TPSA) is 55.4 Å². The molecule has 0 saturated heterocycles. The van der Waals surface area contributed by atoms with Crippen molar-refractivity contribution >= 4 is 44.9 Å². The van der Waals surface area contributed by atoms with Crippen molar-refractivity contribution in [3.8, 4) is 0 Å². The van der Waals surface area contributed by atoms with E-state index < -0.39 is 11.8 Å². The van der Waals surface area contributed by atoms with Gasteiger partial charge >= 0.3 is 5.97 Å². The van der Waals surface area contributed by atoms with Crippen LogP contribution in [0.4, 0.5) is 4.39 Å². The Kier molecular flexibility index (Phi) is 5.74. The second-order valence-electron chi connectivity index (χ2n) is 4.67. The maximum absolute atomic E-state index is 13.2. The highest BCUT2D eigenvalue weighted by Crippen LogP contribution is 2.36. The molecule has 0 aliphatic heterocycles. The number of hydrogen-bond donors (Lipinski definition) is 1. The minimum atomic E-state index is -0.683. The molecule has 1 N–H and O–H groups in total. The fourth-order valence-corrected chi connectivity index (χ4v) is 3.25. The Morgan fingerprint density at radius 2 is 2.18 bits per heavy atom. The van der Waals surface area contributed by atoms with Crippen LogP contribution in [0.2, 0.25) is 5.02 Å². The van der Waals surface area contributed by atoms with Crippen molar-refractivity contribution in [2.75, 3.05) is 13.2 Å². The molecule has 0 saturated carbocycles. The average Bonchev–Trinajstić information content (AvgIpc) is 2.81. The molecule has 22 heavy (non-hydrogen) atoms. The Labute approximate surface area is 136 Å². The highest BCUT2D eigenvalue weighted by Gasteiger charge is 2.19. The lowest BCUT2D eigenvalue weighted by molar-refractivity contribution is -0.124. The van der Waals surface area contributed by atoms with Crippen molar-refractivity contribution in [3.05, 3.63) is 33.9 Å². The van der Waals surface area contributed by atoms with Gasteiger partial charge in [0.15, 0.2) is 6.61 Å². The summed E-state index contributed by atoms with van der Waals surface area (Å²) in [5.41, 5.74) is 0. The molecule has 2 aromatic rings. The van der Waals surface area contributed by atoms with E-state index >= 15 is 0 Å². The minimum Gasteiger partial charge on any atom is -0.451 e. The van der Waals surface area contributed by atoms with Gasteiger partial charge in [-0.25, -0.2) is 9.18 Å². The van der Waals surface area contributed by atoms with Gasteiger partial charge in [0.1, 0.15) is 10.7 Å². The first-order valence-corrected chi connectivity index (χ1v) is 8.03. The lowest BCUT2D eigenvalue weighted by Gasteiger charge is -2.05. The Hall–Kier alpha value is -1.66. The molecule has 0 aliphatic carbocycles. The summed E-state index contributed by atoms with van der Waals surface area (Å²) in [5, 5.41) is 3.45. The number of esters is 1. The number of halogens is 2. The third kappa shape index (κ3) is 3.96. The van der Waals surface area contributed by atoms with E-state index in [1.165, 1.54) is 18.2 Å². The fourth-order valence-electron chi connectivity index (χ4n) is 1.82. The van der Waals surface area contributed by atoms with E-state index in [1.807, 2.05) is 6.92 Å². The third-order valence-corrected chi connectivity index (χ3v) is 4.60. The highest BCUT2D eigenvalue weighted by atomic mass is 35.5. The standard InChI is InChI=1S/C15H15ClFNO3S/c1-2-3-6-18-12(19)8-21-15(20)14-13(16)10-5-4-9(17)7-11(10)22-14/h4-5,7H,2-3,6,8H2,1H3,(H,18,19). The van der Waals surface area contributed by atoms with Gasteiger partial charge in [-0.2, -0.15) is 0 Å². The van der Waals surface area contributed by atoms with E-state index in [0.29, 0.717) is 16.6 Å². The molecule has 1 aromatic carbocycles. The van der Waals surface area contributed by atoms with E-state index in [4.69, 9.17) is 16.3 Å². The predicted octanol–water partition coefficient (Wildman–Crippen LogP) is 3.77. The number of thiophene rings is 1. The van der Waals surface area contributed by atoms with Crippen molar-refractivity contribution in [1.82, 2.24) is 5.32 Å². The van der Waals surface area contributed by atoms with Crippen LogP contribution < -0.4 is 5.32 Å². The number of carbonyl (C=O) groups excluding carboxylic acids is 2. The monoisotopic (exact) mass is 343 g/mol. The number of unbranched alkanes of at least 4 members (excludes halogenated alkanes) is 1. The Morgan fingerprint density at radius 3 is 2.91 bits per heavy atom. The first kappa shape index (κ1) is 16.7. The largest absolute Gasteiger partial charge is 0.451 e. The summed E-state index contributed by atoms with van der Waals surface area (Å²) >= 11 is 7.15. The van der Waals surface area contributed by atoms with Crippen LogP contribution in [0.3, 0.4) is 0 Å². The number of nitrogens with one attached hydrogen (secondary N) is 1. The molecule has 0 aliphatic rings. The van der Waals surface area contributed by atoms with Gasteiger partial charge in [-0.05, 0) is 24.6 Å². The second-order valence-corrected chi connectivity index (χ2v) is 6.10. The summed E-state index contributed by atoms with van der Waals surface area (Å²) in [6.07, 6.45) is 1.83. The zero-order valence-corrected chi connectivity index (χ0v) is 13.5. The summed E-state index contributed by atoms with van der Waals surface area (Å²) in [7, 11) is 0. The lowest BCUT2D eigenvalue weighted by atomic mass is 10.2. The average molecular weight is 344 g/mol. The van der Waals surface area contributed by atoms with E-state index in [0.717, 1.165) is 24.2 Å². The van der Waals surface area contributed by atoms with Crippen molar-refractivity contribution in [1.29, 1.82) is 0 Å². The van der Waals surface area contributed by atoms with E-state index in [1.54, 1.807) is 0 Å². The van der Waals surface area contributed by atoms with Crippen molar-refractivity contribution < 1.29 is 18.7 Å². The quantitative estimate of drug-likeness (QED) is 0.641. The fraction of sp³-hybridized carbons (Fsp3) is 0.333. The van der Waals surface area contributed by atoms with Crippen molar-refractivity contribution in [2.24, 2.45) is 0 Å². The molecule has 0 fully saturated rings. The Morgan fingerprint density at radius 1 is 1.41 bits per heavy atom. The predicted molar refractivity (Wildman–Crippen MR) is 85.0 cm³/mol. The zero-order valence-electron chi connectivity index (χ0n) is 11.9. The van der Waals surface area contributed by atoms with Gasteiger partial charge < -0.3 is 10.1 Å². The Bertz CT molecular complexity index is 701. The normalized spacial score (nSPS) is 10.7. The Balaban J connectivity index is 2.01. The van der Waals surface area contributed by atoms with Crippen LogP contribution in [0.25, 0.3) is 10.1 Å². The van der Waals surface area contributed by atoms with Crippen LogP contribution >= 0.6 is 22.9 Å². The molecule has 0 bridgehead atoms. The summed E-state index contributed by atoms with van der Waals surface area (Å²) in [4.78, 5) is 23.6. The zero-order chi connectivity index (χ0) is 16.1. The van der Waals surface area contributed by atoms with Crippen molar-refractivity contribution in [3.63, 3.8) is 0 Å². The lowest BCUT2D eigenvalue weighted by Crippen LogP contribution is -2.29. The number of hydrogen-bond acceptors (Lipinski definition) is 4. The van der Waals surface area contributed by atoms with Gasteiger partial charge in [0.05, 0.1) is 5.02 Å². The molecule has 0 unspecified atom stereocenters. The summed E-state index contributed by atoms with van der Waals surface area (Å²) < 4.78 is 18.7. The minimum absolute atomic E-state index is 0.170. The van der Waals surface area contributed by atoms with Crippen LogP contribution in [-0.4, -0.2) is 25.0 Å². The van der Waals surface area contributed by atoms with Gasteiger partial charge in [-0.1, -0.05) is 24.9 Å². The van der Waals surface area contributed by atoms with Gasteiger partial charge in [0, 0.05) is 16.6 Å². The van der Waals surface area contributed by atoms with Crippen LogP contribution in [-0.2, 0) is 9.53 Å². The van der Waals surface area contributed by atoms with Crippen LogP contribution in [0.15, 0.2) is 18.2 Å². The third-order valence-electron chi connectivity index (χ3n) is 2.96. The number of ether oxygens (including phenoxy) is 1. The molecular weight excluding hydrogens is 329 g/mol. The second kappa shape index (κ2) is 7.56. The molecule has 2 rings (SSSR count). The summed E-state index contributed by atoms with van der Waals surface area (Å²) in [5.74, 6) is -1.44. The molecule has 1 aromatic heterocycles.